The average Bonchev–Trinajstić information content (AvgIpc) is 2.45. The van der Waals surface area contributed by atoms with Crippen molar-refractivity contribution < 1.29 is 32.6 Å². The van der Waals surface area contributed by atoms with Gasteiger partial charge in [-0.25, -0.2) is 4.79 Å². The molecule has 2 atom stereocenters. The van der Waals surface area contributed by atoms with Gasteiger partial charge in [0.2, 0.25) is 0 Å². The molecule has 2 unspecified atom stereocenters. The summed E-state index contributed by atoms with van der Waals surface area (Å²) in [7, 11) is 0. The maximum atomic E-state index is 12.3. The minimum absolute atomic E-state index is 0.355. The minimum Gasteiger partial charge on any atom is -0.481 e. The number of rotatable bonds is 7. The van der Waals surface area contributed by atoms with Gasteiger partial charge in [-0.1, -0.05) is 0 Å². The summed E-state index contributed by atoms with van der Waals surface area (Å²) in [5, 5.41) is 10.6. The molecule has 0 fully saturated rings. The molecule has 0 radical (unpaired) electrons. The number of thioether (sulfide) groups is 1. The summed E-state index contributed by atoms with van der Waals surface area (Å²) in [4.78, 5) is 23.6. The number of benzene rings is 1. The highest BCUT2D eigenvalue weighted by Gasteiger charge is 2.37. The molecule has 2 N–H and O–H groups in total. The maximum absolute atomic E-state index is 12.3. The summed E-state index contributed by atoms with van der Waals surface area (Å²) >= 11 is 1.51. The first kappa shape index (κ1) is 19.1. The van der Waals surface area contributed by atoms with Crippen molar-refractivity contribution in [2.75, 3.05) is 6.26 Å². The van der Waals surface area contributed by atoms with E-state index in [0.29, 0.717) is 5.75 Å². The number of hydrogen-bond acceptors (Lipinski definition) is 4. The van der Waals surface area contributed by atoms with Gasteiger partial charge in [0, 0.05) is 4.90 Å². The van der Waals surface area contributed by atoms with Gasteiger partial charge < -0.3 is 15.2 Å². The molecular weight excluding hydrogens is 335 g/mol. The molecule has 0 aliphatic carbocycles. The van der Waals surface area contributed by atoms with E-state index in [9.17, 15) is 22.8 Å². The second kappa shape index (κ2) is 8.09. The fourth-order valence-corrected chi connectivity index (χ4v) is 2.04. The van der Waals surface area contributed by atoms with Crippen molar-refractivity contribution in [3.63, 3.8) is 0 Å². The number of carboxylic acid groups (broad SMARTS) is 1. The van der Waals surface area contributed by atoms with Crippen LogP contribution in [0.5, 0.6) is 5.75 Å². The number of carbonyl (C=O) groups is 2. The van der Waals surface area contributed by atoms with E-state index in [-0.39, 0.29) is 0 Å². The average molecular weight is 351 g/mol. The summed E-state index contributed by atoms with van der Waals surface area (Å²) in [5.74, 6) is -2.34. The number of hydrogen-bond donors (Lipinski definition) is 2. The third-order valence-corrected chi connectivity index (χ3v) is 3.54. The van der Waals surface area contributed by atoms with E-state index in [4.69, 9.17) is 9.84 Å². The minimum atomic E-state index is -4.70. The highest BCUT2D eigenvalue weighted by molar-refractivity contribution is 7.98. The number of aliphatic carboxylic acids is 1. The maximum Gasteiger partial charge on any atom is 0.391 e. The number of halogens is 3. The third kappa shape index (κ3) is 6.81. The zero-order valence-electron chi connectivity index (χ0n) is 12.4. The zero-order valence-corrected chi connectivity index (χ0v) is 13.2. The van der Waals surface area contributed by atoms with Gasteiger partial charge >= 0.3 is 12.1 Å². The highest BCUT2D eigenvalue weighted by Crippen LogP contribution is 2.22. The number of carboxylic acids is 1. The molecule has 128 valence electrons. The Balaban J connectivity index is 2.65. The van der Waals surface area contributed by atoms with Crippen molar-refractivity contribution in [3.8, 4) is 5.75 Å². The van der Waals surface area contributed by atoms with Crippen molar-refractivity contribution >= 4 is 23.6 Å². The van der Waals surface area contributed by atoms with Crippen LogP contribution < -0.4 is 10.1 Å². The van der Waals surface area contributed by atoms with Crippen LogP contribution in [0.1, 0.15) is 13.3 Å². The van der Waals surface area contributed by atoms with Crippen LogP contribution in [0.2, 0.25) is 0 Å². The Bertz CT molecular complexity index is 548. The van der Waals surface area contributed by atoms with E-state index in [1.54, 1.807) is 24.3 Å². The van der Waals surface area contributed by atoms with Crippen molar-refractivity contribution in [2.45, 2.75) is 36.6 Å². The van der Waals surface area contributed by atoms with E-state index in [1.807, 2.05) is 11.6 Å². The van der Waals surface area contributed by atoms with Crippen LogP contribution in [-0.2, 0) is 9.59 Å². The van der Waals surface area contributed by atoms with Crippen molar-refractivity contribution in [1.29, 1.82) is 0 Å². The topological polar surface area (TPSA) is 75.6 Å². The lowest BCUT2D eigenvalue weighted by molar-refractivity contribution is -0.160. The zero-order chi connectivity index (χ0) is 17.6. The number of carbonyl (C=O) groups excluding carboxylic acids is 1. The predicted octanol–water partition coefficient (Wildman–Crippen LogP) is 2.70. The first-order valence-electron chi connectivity index (χ1n) is 6.53. The number of alkyl halides is 3. The van der Waals surface area contributed by atoms with E-state index < -0.39 is 36.6 Å². The smallest absolute Gasteiger partial charge is 0.391 e. The molecule has 0 saturated carbocycles. The standard InChI is InChI=1S/C14H16F3NO4S/c1-8(22-9-3-5-10(23-2)6-4-9)12(19)18-11(13(20)21)7-14(15,16)17/h3-6,8,11H,7H2,1-2H3,(H,18,19)(H,20,21). The normalized spacial score (nSPS) is 14.0. The fourth-order valence-electron chi connectivity index (χ4n) is 1.63. The predicted molar refractivity (Wildman–Crippen MR) is 78.6 cm³/mol. The van der Waals surface area contributed by atoms with Gasteiger partial charge in [0.15, 0.2) is 6.10 Å². The first-order valence-corrected chi connectivity index (χ1v) is 7.75. The Hall–Kier alpha value is -1.90. The summed E-state index contributed by atoms with van der Waals surface area (Å²) in [6, 6.07) is 4.69. The molecular formula is C14H16F3NO4S. The van der Waals surface area contributed by atoms with E-state index in [1.165, 1.54) is 18.7 Å². The molecule has 23 heavy (non-hydrogen) atoms. The van der Waals surface area contributed by atoms with Crippen LogP contribution >= 0.6 is 11.8 Å². The van der Waals surface area contributed by atoms with Gasteiger partial charge in [-0.15, -0.1) is 11.8 Å². The lowest BCUT2D eigenvalue weighted by Gasteiger charge is -2.19. The molecule has 1 aromatic rings. The molecule has 0 spiro atoms. The monoisotopic (exact) mass is 351 g/mol. The van der Waals surface area contributed by atoms with E-state index in [0.717, 1.165) is 4.90 Å². The van der Waals surface area contributed by atoms with Gasteiger partial charge in [-0.05, 0) is 37.4 Å². The molecule has 9 heteroatoms. The summed E-state index contributed by atoms with van der Waals surface area (Å²) in [6.45, 7) is 1.32. The molecule has 0 aromatic heterocycles. The lowest BCUT2D eigenvalue weighted by Crippen LogP contribution is -2.48. The van der Waals surface area contributed by atoms with Crippen LogP contribution in [0.15, 0.2) is 29.2 Å². The molecule has 0 bridgehead atoms. The third-order valence-electron chi connectivity index (χ3n) is 2.79. The van der Waals surface area contributed by atoms with Crippen LogP contribution in [-0.4, -0.2) is 41.6 Å². The van der Waals surface area contributed by atoms with Crippen LogP contribution in [0, 0.1) is 0 Å². The Morgan fingerprint density at radius 1 is 1.30 bits per heavy atom. The van der Waals surface area contributed by atoms with Crippen LogP contribution in [0.3, 0.4) is 0 Å². The summed E-state index contributed by atoms with van der Waals surface area (Å²) in [5.41, 5.74) is 0. The van der Waals surface area contributed by atoms with Gasteiger partial charge in [0.05, 0.1) is 6.42 Å². The summed E-state index contributed by atoms with van der Waals surface area (Å²) in [6.07, 6.45) is -5.60. The van der Waals surface area contributed by atoms with Gasteiger partial charge in [0.25, 0.3) is 5.91 Å². The van der Waals surface area contributed by atoms with Crippen LogP contribution in [0.4, 0.5) is 13.2 Å². The molecule has 0 aliphatic heterocycles. The molecule has 0 saturated heterocycles. The Labute approximate surface area is 135 Å². The van der Waals surface area contributed by atoms with Crippen molar-refractivity contribution in [2.24, 2.45) is 0 Å². The van der Waals surface area contributed by atoms with Crippen molar-refractivity contribution in [3.05, 3.63) is 24.3 Å². The summed E-state index contributed by atoms with van der Waals surface area (Å²) < 4.78 is 42.2. The molecule has 1 amide bonds. The molecule has 1 rings (SSSR count). The molecule has 0 aliphatic rings. The van der Waals surface area contributed by atoms with E-state index in [2.05, 4.69) is 0 Å². The first-order chi connectivity index (χ1) is 10.6. The quantitative estimate of drug-likeness (QED) is 0.739. The van der Waals surface area contributed by atoms with Gasteiger partial charge in [-0.2, -0.15) is 13.2 Å². The second-order valence-electron chi connectivity index (χ2n) is 4.65. The lowest BCUT2D eigenvalue weighted by atomic mass is 10.2. The van der Waals surface area contributed by atoms with E-state index >= 15 is 0 Å². The Morgan fingerprint density at radius 3 is 2.30 bits per heavy atom. The largest absolute Gasteiger partial charge is 0.481 e. The number of ether oxygens (including phenoxy) is 1. The Kier molecular flexibility index (Phi) is 6.74. The SMILES string of the molecule is CSc1ccc(OC(C)C(=O)NC(CC(F)(F)F)C(=O)O)cc1. The number of amides is 1. The molecule has 0 heterocycles. The number of nitrogens with one attached hydrogen (secondary N) is 1. The van der Waals surface area contributed by atoms with Gasteiger partial charge in [-0.3, -0.25) is 4.79 Å². The fraction of sp³-hybridized carbons (Fsp3) is 0.429. The van der Waals surface area contributed by atoms with Crippen LogP contribution in [0.25, 0.3) is 0 Å². The Morgan fingerprint density at radius 2 is 1.87 bits per heavy atom. The van der Waals surface area contributed by atoms with Crippen molar-refractivity contribution in [1.82, 2.24) is 5.32 Å². The second-order valence-corrected chi connectivity index (χ2v) is 5.53. The molecule has 5 nitrogen and oxygen atoms in total. The molecule has 1 aromatic carbocycles. The highest BCUT2D eigenvalue weighted by atomic mass is 32.2. The van der Waals surface area contributed by atoms with Gasteiger partial charge in [0.1, 0.15) is 11.8 Å².